The number of likely N-dealkylation sites (tertiary alicyclic amines) is 1. The predicted molar refractivity (Wildman–Crippen MR) is 192 cm³/mol. The predicted octanol–water partition coefficient (Wildman–Crippen LogP) is 11.6. The first-order valence-corrected chi connectivity index (χ1v) is 20.0. The van der Waals surface area contributed by atoms with E-state index in [4.69, 9.17) is 4.74 Å². The Bertz CT molecular complexity index is 706. The highest BCUT2D eigenvalue weighted by atomic mass is 16.5. The third kappa shape index (κ3) is 20.0. The minimum Gasteiger partial charge on any atom is -0.481 e. The van der Waals surface area contributed by atoms with Crippen molar-refractivity contribution in [2.24, 2.45) is 23.7 Å². The summed E-state index contributed by atoms with van der Waals surface area (Å²) in [6.45, 7) is 10.6. The number of carbonyl (C=O) groups is 2. The summed E-state index contributed by atoms with van der Waals surface area (Å²) in [5.74, 6) is 1.31. The van der Waals surface area contributed by atoms with E-state index in [-0.39, 0.29) is 11.9 Å². The number of rotatable bonds is 30. The number of carboxylic acid groups (broad SMARTS) is 1. The number of nitrogens with zero attached hydrogens (tertiary/aromatic N) is 1. The van der Waals surface area contributed by atoms with Crippen LogP contribution in [0.1, 0.15) is 195 Å². The second-order valence-corrected chi connectivity index (χ2v) is 14.7. The maximum Gasteiger partial charge on any atom is 0.306 e. The molecule has 1 aliphatic heterocycles. The molecule has 0 bridgehead atoms. The zero-order valence-electron chi connectivity index (χ0n) is 30.8. The Balaban J connectivity index is 2.32. The molecule has 0 aromatic carbocycles. The van der Waals surface area contributed by atoms with E-state index in [1.807, 2.05) is 0 Å². The number of unbranched alkanes of at least 4 members (excludes halogenated alkanes) is 12. The van der Waals surface area contributed by atoms with Crippen molar-refractivity contribution in [1.29, 1.82) is 0 Å². The first-order chi connectivity index (χ1) is 21.9. The fourth-order valence-corrected chi connectivity index (χ4v) is 8.08. The van der Waals surface area contributed by atoms with E-state index in [9.17, 15) is 14.7 Å². The van der Waals surface area contributed by atoms with Crippen molar-refractivity contribution in [1.82, 2.24) is 4.90 Å². The molecule has 0 saturated carbocycles. The molecule has 4 atom stereocenters. The average Bonchev–Trinajstić information content (AvgIpc) is 3.02. The number of piperidine rings is 1. The van der Waals surface area contributed by atoms with Gasteiger partial charge >= 0.3 is 11.9 Å². The molecule has 1 heterocycles. The van der Waals surface area contributed by atoms with Gasteiger partial charge in [-0.3, -0.25) is 9.59 Å². The van der Waals surface area contributed by atoms with Gasteiger partial charge in [-0.05, 0) is 69.9 Å². The number of carbonyl (C=O) groups excluding carboxylic acids is 1. The Morgan fingerprint density at radius 2 is 1.16 bits per heavy atom. The number of ether oxygens (including phenoxy) is 1. The van der Waals surface area contributed by atoms with E-state index in [1.54, 1.807) is 0 Å². The van der Waals surface area contributed by atoms with Gasteiger partial charge in [-0.15, -0.1) is 0 Å². The first kappa shape index (κ1) is 41.9. The van der Waals surface area contributed by atoms with Crippen LogP contribution >= 0.6 is 0 Å². The molecule has 266 valence electrons. The van der Waals surface area contributed by atoms with Gasteiger partial charge in [0.2, 0.25) is 0 Å². The van der Waals surface area contributed by atoms with Crippen LogP contribution < -0.4 is 0 Å². The van der Waals surface area contributed by atoms with Gasteiger partial charge in [0.15, 0.2) is 0 Å². The van der Waals surface area contributed by atoms with E-state index in [2.05, 4.69) is 39.6 Å². The van der Waals surface area contributed by atoms with Crippen LogP contribution in [-0.2, 0) is 14.3 Å². The molecule has 0 spiro atoms. The van der Waals surface area contributed by atoms with Crippen LogP contribution in [0, 0.1) is 23.7 Å². The Morgan fingerprint density at radius 1 is 0.667 bits per heavy atom. The fourth-order valence-electron chi connectivity index (χ4n) is 8.08. The van der Waals surface area contributed by atoms with Crippen LogP contribution in [0.3, 0.4) is 0 Å². The van der Waals surface area contributed by atoms with Crippen molar-refractivity contribution in [3.63, 3.8) is 0 Å². The van der Waals surface area contributed by atoms with Crippen molar-refractivity contribution in [2.45, 2.75) is 201 Å². The molecule has 4 unspecified atom stereocenters. The zero-order valence-corrected chi connectivity index (χ0v) is 30.8. The normalized spacial score (nSPS) is 18.7. The Labute approximate surface area is 280 Å². The van der Waals surface area contributed by atoms with Crippen LogP contribution in [0.2, 0.25) is 0 Å². The van der Waals surface area contributed by atoms with Gasteiger partial charge in [-0.25, -0.2) is 0 Å². The molecule has 1 aliphatic rings. The van der Waals surface area contributed by atoms with Crippen molar-refractivity contribution < 1.29 is 19.4 Å². The summed E-state index contributed by atoms with van der Waals surface area (Å²) in [5.41, 5.74) is 0. The summed E-state index contributed by atoms with van der Waals surface area (Å²) < 4.78 is 5.67. The summed E-state index contributed by atoms with van der Waals surface area (Å²) >= 11 is 0. The minimum absolute atomic E-state index is 0.00662. The van der Waals surface area contributed by atoms with E-state index < -0.39 is 5.97 Å². The number of hydrogen-bond donors (Lipinski definition) is 1. The molecular formula is C40H77NO4. The van der Waals surface area contributed by atoms with Gasteiger partial charge in [0.1, 0.15) is 0 Å². The fraction of sp³-hybridized carbons (Fsp3) is 0.950. The van der Waals surface area contributed by atoms with Crippen molar-refractivity contribution in [3.05, 3.63) is 0 Å². The molecule has 5 heteroatoms. The maximum absolute atomic E-state index is 12.4. The topological polar surface area (TPSA) is 66.8 Å². The second kappa shape index (κ2) is 28.0. The quantitative estimate of drug-likeness (QED) is 0.0628. The van der Waals surface area contributed by atoms with Gasteiger partial charge < -0.3 is 14.7 Å². The van der Waals surface area contributed by atoms with Crippen molar-refractivity contribution in [3.8, 4) is 0 Å². The minimum atomic E-state index is -0.601. The molecule has 1 fully saturated rings. The second-order valence-electron chi connectivity index (χ2n) is 14.7. The summed E-state index contributed by atoms with van der Waals surface area (Å²) in [6.07, 6.45) is 30.9. The summed E-state index contributed by atoms with van der Waals surface area (Å²) in [6, 6.07) is 0.414. The number of esters is 1. The Kier molecular flexibility index (Phi) is 26.0. The van der Waals surface area contributed by atoms with Gasteiger partial charge in [0.05, 0.1) is 12.5 Å². The number of aliphatic carboxylic acids is 1. The molecule has 45 heavy (non-hydrogen) atoms. The van der Waals surface area contributed by atoms with Gasteiger partial charge in [0.25, 0.3) is 0 Å². The summed E-state index contributed by atoms with van der Waals surface area (Å²) in [7, 11) is 2.22. The third-order valence-electron chi connectivity index (χ3n) is 10.8. The lowest BCUT2D eigenvalue weighted by Crippen LogP contribution is -2.46. The van der Waals surface area contributed by atoms with Crippen LogP contribution in [0.25, 0.3) is 0 Å². The van der Waals surface area contributed by atoms with Crippen LogP contribution in [-0.4, -0.2) is 48.2 Å². The van der Waals surface area contributed by atoms with Crippen LogP contribution in [0.4, 0.5) is 0 Å². The molecule has 0 aromatic heterocycles. The van der Waals surface area contributed by atoms with E-state index in [0.29, 0.717) is 30.9 Å². The molecule has 5 nitrogen and oxygen atoms in total. The monoisotopic (exact) mass is 636 g/mol. The third-order valence-corrected chi connectivity index (χ3v) is 10.8. The standard InChI is InChI=1S/C40H77NO4/c1-6-10-11-12-13-14-17-20-26-36(38-33-37(40(43)44)29-31-41(38)5)27-21-18-15-16-19-22-28-39(42)45-32-30-35(25-9-4)34(23-7-2)24-8-3/h34-38H,6-33H2,1-5H3,(H,43,44). The largest absolute Gasteiger partial charge is 0.481 e. The SMILES string of the molecule is CCCCCCCCCCC(CCCCCCCCC(=O)OCCC(CCC)C(CCC)CCC)C1CC(C(=O)O)CCN1C. The Morgan fingerprint density at radius 3 is 1.67 bits per heavy atom. The smallest absolute Gasteiger partial charge is 0.306 e. The maximum atomic E-state index is 12.4. The van der Waals surface area contributed by atoms with Gasteiger partial charge in [0, 0.05) is 12.5 Å². The average molecular weight is 636 g/mol. The van der Waals surface area contributed by atoms with E-state index >= 15 is 0 Å². The molecular weight excluding hydrogens is 558 g/mol. The lowest BCUT2D eigenvalue weighted by molar-refractivity contribution is -0.145. The van der Waals surface area contributed by atoms with Gasteiger partial charge in [-0.1, -0.05) is 150 Å². The highest BCUT2D eigenvalue weighted by molar-refractivity contribution is 5.70. The van der Waals surface area contributed by atoms with Gasteiger partial charge in [-0.2, -0.15) is 0 Å². The molecule has 0 amide bonds. The zero-order chi connectivity index (χ0) is 33.1. The van der Waals surface area contributed by atoms with Crippen molar-refractivity contribution in [2.75, 3.05) is 20.2 Å². The summed E-state index contributed by atoms with van der Waals surface area (Å²) in [4.78, 5) is 26.6. The highest BCUT2D eigenvalue weighted by Crippen LogP contribution is 2.33. The lowest BCUT2D eigenvalue weighted by atomic mass is 9.79. The first-order valence-electron chi connectivity index (χ1n) is 20.0. The molecule has 1 rings (SSSR count). The molecule has 1 saturated heterocycles. The number of hydrogen-bond acceptors (Lipinski definition) is 4. The van der Waals surface area contributed by atoms with E-state index in [0.717, 1.165) is 44.6 Å². The van der Waals surface area contributed by atoms with Crippen LogP contribution in [0.15, 0.2) is 0 Å². The molecule has 1 N–H and O–H groups in total. The highest BCUT2D eigenvalue weighted by Gasteiger charge is 2.34. The van der Waals surface area contributed by atoms with E-state index in [1.165, 1.54) is 128 Å². The molecule has 0 aliphatic carbocycles. The van der Waals surface area contributed by atoms with Crippen molar-refractivity contribution >= 4 is 11.9 Å². The lowest BCUT2D eigenvalue weighted by Gasteiger charge is -2.40. The number of carboxylic acids is 1. The summed E-state index contributed by atoms with van der Waals surface area (Å²) in [5, 5.41) is 9.70. The molecule has 0 aromatic rings. The molecule has 0 radical (unpaired) electrons. The van der Waals surface area contributed by atoms with Crippen LogP contribution in [0.5, 0.6) is 0 Å². The Hall–Kier alpha value is -1.10.